The molecule has 0 amide bonds. The maximum Gasteiger partial charge on any atom is 0.141 e. The van der Waals surface area contributed by atoms with Crippen molar-refractivity contribution in [2.45, 2.75) is 13.0 Å². The van der Waals surface area contributed by atoms with E-state index in [0.717, 1.165) is 25.2 Å². The van der Waals surface area contributed by atoms with Gasteiger partial charge >= 0.3 is 0 Å². The first-order valence-electron chi connectivity index (χ1n) is 6.19. The Hall–Kier alpha value is 0.0500. The summed E-state index contributed by atoms with van der Waals surface area (Å²) in [5.74, 6) is 0.187. The number of ether oxygens (including phenoxy) is 1. The standard InChI is InChI=1S/C14H13Br3FNOS/c1-3-19-13(8-5-12(16)21-14(8)17)7-4-9(15)10(18)6-11(7)20-2/h4-6,13,19H,3H2,1-2H3. The van der Waals surface area contributed by atoms with Gasteiger partial charge in [-0.25, -0.2) is 4.39 Å². The topological polar surface area (TPSA) is 21.3 Å². The Kier molecular flexibility index (Phi) is 6.25. The summed E-state index contributed by atoms with van der Waals surface area (Å²) in [5.41, 5.74) is 1.98. The van der Waals surface area contributed by atoms with Gasteiger partial charge in [0.2, 0.25) is 0 Å². The first kappa shape index (κ1) is 17.4. The lowest BCUT2D eigenvalue weighted by Crippen LogP contribution is -2.22. The molecule has 2 aromatic rings. The Bertz CT molecular complexity index is 647. The molecule has 0 aliphatic rings. The molecule has 0 fully saturated rings. The molecule has 2 rings (SSSR count). The fraction of sp³-hybridized carbons (Fsp3) is 0.286. The molecule has 0 radical (unpaired) electrons. The van der Waals surface area contributed by atoms with Crippen molar-refractivity contribution in [2.75, 3.05) is 13.7 Å². The van der Waals surface area contributed by atoms with E-state index in [-0.39, 0.29) is 11.9 Å². The van der Waals surface area contributed by atoms with Gasteiger partial charge in [0.15, 0.2) is 0 Å². The average molecular weight is 502 g/mol. The zero-order valence-corrected chi connectivity index (χ0v) is 16.9. The minimum Gasteiger partial charge on any atom is -0.496 e. The molecule has 21 heavy (non-hydrogen) atoms. The smallest absolute Gasteiger partial charge is 0.141 e. The summed E-state index contributed by atoms with van der Waals surface area (Å²) in [7, 11) is 1.55. The molecule has 7 heteroatoms. The van der Waals surface area contributed by atoms with E-state index in [0.29, 0.717) is 10.2 Å². The lowest BCUT2D eigenvalue weighted by Gasteiger charge is -2.21. The Balaban J connectivity index is 2.57. The summed E-state index contributed by atoms with van der Waals surface area (Å²) < 4.78 is 21.6. The average Bonchev–Trinajstić information content (AvgIpc) is 2.77. The predicted octanol–water partition coefficient (Wildman–Crippen LogP) is 5.88. The normalized spacial score (nSPS) is 12.5. The van der Waals surface area contributed by atoms with E-state index in [4.69, 9.17) is 4.74 Å². The minimum absolute atomic E-state index is 0.0845. The second-order valence-corrected chi connectivity index (χ2v) is 8.88. The molecule has 0 aliphatic heterocycles. The Morgan fingerprint density at radius 2 is 1.95 bits per heavy atom. The third-order valence-electron chi connectivity index (χ3n) is 2.99. The summed E-state index contributed by atoms with van der Waals surface area (Å²) >= 11 is 11.9. The van der Waals surface area contributed by atoms with E-state index in [1.165, 1.54) is 6.07 Å². The monoisotopic (exact) mass is 499 g/mol. The zero-order valence-electron chi connectivity index (χ0n) is 11.3. The summed E-state index contributed by atoms with van der Waals surface area (Å²) in [6.07, 6.45) is 0. The number of hydrogen-bond donors (Lipinski definition) is 1. The van der Waals surface area contributed by atoms with Crippen LogP contribution in [0.25, 0.3) is 0 Å². The van der Waals surface area contributed by atoms with Gasteiger partial charge in [-0.15, -0.1) is 11.3 Å². The molecule has 1 aromatic carbocycles. The summed E-state index contributed by atoms with van der Waals surface area (Å²) in [6.45, 7) is 2.82. The van der Waals surface area contributed by atoms with Crippen molar-refractivity contribution in [3.05, 3.63) is 47.2 Å². The molecular weight excluding hydrogens is 489 g/mol. The highest BCUT2D eigenvalue weighted by Gasteiger charge is 2.23. The predicted molar refractivity (Wildman–Crippen MR) is 95.9 cm³/mol. The van der Waals surface area contributed by atoms with Gasteiger partial charge in [-0.2, -0.15) is 0 Å². The number of halogens is 4. The van der Waals surface area contributed by atoms with Crippen LogP contribution in [0.2, 0.25) is 0 Å². The van der Waals surface area contributed by atoms with Crippen molar-refractivity contribution in [3.63, 3.8) is 0 Å². The number of hydrogen-bond acceptors (Lipinski definition) is 3. The van der Waals surface area contributed by atoms with E-state index in [1.54, 1.807) is 24.5 Å². The molecule has 1 atom stereocenters. The highest BCUT2D eigenvalue weighted by atomic mass is 79.9. The molecule has 1 aromatic heterocycles. The van der Waals surface area contributed by atoms with Crippen molar-refractivity contribution in [1.29, 1.82) is 0 Å². The largest absolute Gasteiger partial charge is 0.496 e. The van der Waals surface area contributed by atoms with Crippen molar-refractivity contribution >= 4 is 59.1 Å². The first-order chi connectivity index (χ1) is 9.97. The van der Waals surface area contributed by atoms with Gasteiger partial charge < -0.3 is 10.1 Å². The second-order valence-electron chi connectivity index (χ2n) is 4.28. The molecule has 1 unspecified atom stereocenters. The van der Waals surface area contributed by atoms with Crippen LogP contribution in [-0.4, -0.2) is 13.7 Å². The minimum atomic E-state index is -0.337. The quantitative estimate of drug-likeness (QED) is 0.552. The van der Waals surface area contributed by atoms with Gasteiger partial charge in [-0.3, -0.25) is 0 Å². The molecule has 1 heterocycles. The van der Waals surface area contributed by atoms with Gasteiger partial charge in [0.1, 0.15) is 11.6 Å². The maximum atomic E-state index is 13.7. The fourth-order valence-corrected chi connectivity index (χ4v) is 5.35. The Morgan fingerprint density at radius 3 is 2.48 bits per heavy atom. The maximum absolute atomic E-state index is 13.7. The highest BCUT2D eigenvalue weighted by molar-refractivity contribution is 9.12. The van der Waals surface area contributed by atoms with Gasteiger partial charge in [0.25, 0.3) is 0 Å². The third-order valence-corrected chi connectivity index (χ3v) is 5.98. The van der Waals surface area contributed by atoms with E-state index in [1.807, 2.05) is 6.92 Å². The Labute approximate surface area is 152 Å². The van der Waals surface area contributed by atoms with Crippen LogP contribution in [0.1, 0.15) is 24.1 Å². The molecule has 0 spiro atoms. The van der Waals surface area contributed by atoms with Gasteiger partial charge in [-0.1, -0.05) is 6.92 Å². The van der Waals surface area contributed by atoms with Crippen LogP contribution in [0.4, 0.5) is 4.39 Å². The SMILES string of the molecule is CCNC(c1cc(Br)c(F)cc1OC)c1cc(Br)sc1Br. The molecule has 0 saturated heterocycles. The van der Waals surface area contributed by atoms with Crippen LogP contribution in [0.5, 0.6) is 5.75 Å². The molecule has 0 bridgehead atoms. The summed E-state index contributed by atoms with van der Waals surface area (Å²) in [5, 5.41) is 3.42. The van der Waals surface area contributed by atoms with E-state index < -0.39 is 0 Å². The van der Waals surface area contributed by atoms with E-state index in [2.05, 4.69) is 59.2 Å². The van der Waals surface area contributed by atoms with Gasteiger partial charge in [0.05, 0.1) is 25.2 Å². The molecule has 1 N–H and O–H groups in total. The lowest BCUT2D eigenvalue weighted by atomic mass is 10.00. The fourth-order valence-electron chi connectivity index (χ4n) is 2.09. The van der Waals surface area contributed by atoms with Crippen LogP contribution >= 0.6 is 59.1 Å². The molecular formula is C14H13Br3FNOS. The van der Waals surface area contributed by atoms with Crippen LogP contribution in [0, 0.1) is 5.82 Å². The van der Waals surface area contributed by atoms with Crippen molar-refractivity contribution in [1.82, 2.24) is 5.32 Å². The van der Waals surface area contributed by atoms with E-state index >= 15 is 0 Å². The van der Waals surface area contributed by atoms with Crippen molar-refractivity contribution < 1.29 is 9.13 Å². The summed E-state index contributed by atoms with van der Waals surface area (Å²) in [6, 6.07) is 5.14. The first-order valence-corrected chi connectivity index (χ1v) is 9.38. The van der Waals surface area contributed by atoms with Gasteiger partial charge in [0, 0.05) is 11.6 Å². The lowest BCUT2D eigenvalue weighted by molar-refractivity contribution is 0.400. The van der Waals surface area contributed by atoms with Crippen LogP contribution in [-0.2, 0) is 0 Å². The van der Waals surface area contributed by atoms with E-state index in [9.17, 15) is 4.39 Å². The number of methoxy groups -OCH3 is 1. The third kappa shape index (κ3) is 3.88. The van der Waals surface area contributed by atoms with Crippen LogP contribution in [0.15, 0.2) is 30.2 Å². The molecule has 0 saturated carbocycles. The molecule has 114 valence electrons. The molecule has 2 nitrogen and oxygen atoms in total. The summed E-state index contributed by atoms with van der Waals surface area (Å²) in [4.78, 5) is 0. The number of rotatable bonds is 5. The van der Waals surface area contributed by atoms with Crippen molar-refractivity contribution in [2.24, 2.45) is 0 Å². The van der Waals surface area contributed by atoms with Crippen LogP contribution in [0.3, 0.4) is 0 Å². The molecule has 0 aliphatic carbocycles. The van der Waals surface area contributed by atoms with Gasteiger partial charge in [-0.05, 0) is 72.0 Å². The highest BCUT2D eigenvalue weighted by Crippen LogP contribution is 2.41. The zero-order chi connectivity index (χ0) is 15.6. The Morgan fingerprint density at radius 1 is 1.24 bits per heavy atom. The van der Waals surface area contributed by atoms with Crippen LogP contribution < -0.4 is 10.1 Å². The number of thiophene rings is 1. The number of benzene rings is 1. The number of nitrogens with one attached hydrogen (secondary N) is 1. The second kappa shape index (κ2) is 7.55. The van der Waals surface area contributed by atoms with Crippen molar-refractivity contribution in [3.8, 4) is 5.75 Å².